The lowest BCUT2D eigenvalue weighted by atomic mass is 10.3. The number of carbonyl (C=O) groups is 2. The molecular formula is C21H20FN5O4. The third-order valence-corrected chi connectivity index (χ3v) is 4.85. The van der Waals surface area contributed by atoms with Gasteiger partial charge in [-0.05, 0) is 42.5 Å². The van der Waals surface area contributed by atoms with Crippen LogP contribution in [-0.2, 0) is 11.3 Å². The number of rotatable bonds is 7. The summed E-state index contributed by atoms with van der Waals surface area (Å²) in [5.41, 5.74) is 0.796. The van der Waals surface area contributed by atoms with E-state index in [4.69, 9.17) is 4.42 Å². The van der Waals surface area contributed by atoms with E-state index in [1.807, 2.05) is 0 Å². The molecule has 2 aromatic heterocycles. The van der Waals surface area contributed by atoms with Crippen LogP contribution < -0.4 is 15.8 Å². The summed E-state index contributed by atoms with van der Waals surface area (Å²) in [6.45, 7) is 1.05. The van der Waals surface area contributed by atoms with Gasteiger partial charge in [-0.1, -0.05) is 0 Å². The van der Waals surface area contributed by atoms with E-state index in [9.17, 15) is 18.8 Å². The van der Waals surface area contributed by atoms with Crippen LogP contribution in [-0.4, -0.2) is 52.8 Å². The Kier molecular flexibility index (Phi) is 5.78. The average molecular weight is 425 g/mol. The minimum atomic E-state index is -0.380. The van der Waals surface area contributed by atoms with E-state index in [2.05, 4.69) is 10.4 Å². The van der Waals surface area contributed by atoms with E-state index in [0.717, 1.165) is 0 Å². The molecule has 0 atom stereocenters. The monoisotopic (exact) mass is 425 g/mol. The summed E-state index contributed by atoms with van der Waals surface area (Å²) in [6, 6.07) is 11.7. The van der Waals surface area contributed by atoms with E-state index < -0.39 is 0 Å². The normalized spacial score (nSPS) is 13.6. The van der Waals surface area contributed by atoms with E-state index in [1.54, 1.807) is 18.2 Å². The third-order valence-electron chi connectivity index (χ3n) is 4.85. The average Bonchev–Trinajstić information content (AvgIpc) is 3.41. The summed E-state index contributed by atoms with van der Waals surface area (Å²) in [5, 5.41) is 6.94. The van der Waals surface area contributed by atoms with Crippen LogP contribution >= 0.6 is 0 Å². The number of nitrogens with zero attached hydrogens (tertiary/aromatic N) is 4. The third kappa shape index (κ3) is 4.63. The van der Waals surface area contributed by atoms with E-state index in [-0.39, 0.29) is 42.9 Å². The Morgan fingerprint density at radius 3 is 2.65 bits per heavy atom. The topological polar surface area (TPSA) is 101 Å². The second-order valence-electron chi connectivity index (χ2n) is 6.94. The molecule has 1 fully saturated rings. The Morgan fingerprint density at radius 2 is 1.90 bits per heavy atom. The van der Waals surface area contributed by atoms with Crippen molar-refractivity contribution in [3.63, 3.8) is 0 Å². The molecule has 3 amide bonds. The number of hydrogen-bond donors (Lipinski definition) is 1. The zero-order valence-corrected chi connectivity index (χ0v) is 16.5. The minimum Gasteiger partial charge on any atom is -0.463 e. The first kappa shape index (κ1) is 20.3. The van der Waals surface area contributed by atoms with Crippen LogP contribution in [0.5, 0.6) is 0 Å². The number of furan rings is 1. The van der Waals surface area contributed by atoms with Gasteiger partial charge in [-0.3, -0.25) is 14.5 Å². The fraction of sp³-hybridized carbons (Fsp3) is 0.238. The van der Waals surface area contributed by atoms with Crippen molar-refractivity contribution in [1.29, 1.82) is 0 Å². The van der Waals surface area contributed by atoms with Gasteiger partial charge in [0.2, 0.25) is 5.91 Å². The zero-order valence-electron chi connectivity index (χ0n) is 16.5. The molecule has 10 heteroatoms. The van der Waals surface area contributed by atoms with Crippen molar-refractivity contribution in [1.82, 2.24) is 20.0 Å². The second-order valence-corrected chi connectivity index (χ2v) is 6.94. The molecule has 3 heterocycles. The van der Waals surface area contributed by atoms with Crippen molar-refractivity contribution in [2.75, 3.05) is 31.1 Å². The van der Waals surface area contributed by atoms with Gasteiger partial charge in [-0.15, -0.1) is 0 Å². The molecule has 0 aliphatic carbocycles. The predicted octanol–water partition coefficient (Wildman–Crippen LogP) is 1.70. The fourth-order valence-corrected chi connectivity index (χ4v) is 3.29. The first-order chi connectivity index (χ1) is 15.0. The molecule has 1 aliphatic heterocycles. The van der Waals surface area contributed by atoms with Crippen LogP contribution in [0.1, 0.15) is 0 Å². The van der Waals surface area contributed by atoms with Crippen LogP contribution in [0, 0.1) is 5.82 Å². The Labute approximate surface area is 176 Å². The predicted molar refractivity (Wildman–Crippen MR) is 110 cm³/mol. The van der Waals surface area contributed by atoms with Gasteiger partial charge in [0.1, 0.15) is 18.1 Å². The number of carbonyl (C=O) groups excluding carboxylic acids is 2. The van der Waals surface area contributed by atoms with Crippen LogP contribution in [0.15, 0.2) is 64.0 Å². The van der Waals surface area contributed by atoms with Crippen molar-refractivity contribution < 1.29 is 18.4 Å². The molecule has 3 aromatic rings. The van der Waals surface area contributed by atoms with Crippen molar-refractivity contribution in [3.8, 4) is 11.5 Å². The summed E-state index contributed by atoms with van der Waals surface area (Å²) in [4.78, 5) is 39.7. The zero-order chi connectivity index (χ0) is 21.8. The number of amides is 3. The number of nitrogens with one attached hydrogen (secondary N) is 1. The van der Waals surface area contributed by atoms with Crippen LogP contribution in [0.3, 0.4) is 0 Å². The van der Waals surface area contributed by atoms with Gasteiger partial charge in [0.05, 0.1) is 12.8 Å². The number of halogens is 1. The number of benzene rings is 1. The summed E-state index contributed by atoms with van der Waals surface area (Å²) >= 11 is 0. The maximum atomic E-state index is 13.1. The maximum Gasteiger partial charge on any atom is 0.325 e. The molecule has 1 aromatic carbocycles. The number of anilines is 1. The first-order valence-corrected chi connectivity index (χ1v) is 9.72. The van der Waals surface area contributed by atoms with Gasteiger partial charge in [0.15, 0.2) is 5.76 Å². The van der Waals surface area contributed by atoms with Gasteiger partial charge in [0, 0.05) is 31.4 Å². The van der Waals surface area contributed by atoms with E-state index in [1.165, 1.54) is 51.1 Å². The Balaban J connectivity index is 1.29. The number of aromatic nitrogens is 2. The van der Waals surface area contributed by atoms with Crippen molar-refractivity contribution in [2.45, 2.75) is 6.54 Å². The first-order valence-electron chi connectivity index (χ1n) is 9.72. The van der Waals surface area contributed by atoms with E-state index in [0.29, 0.717) is 30.2 Å². The molecule has 1 saturated heterocycles. The summed E-state index contributed by atoms with van der Waals surface area (Å²) in [6.07, 6.45) is 1.52. The van der Waals surface area contributed by atoms with Gasteiger partial charge < -0.3 is 14.6 Å². The second kappa shape index (κ2) is 8.82. The minimum absolute atomic E-state index is 0.106. The molecule has 1 aliphatic rings. The van der Waals surface area contributed by atoms with E-state index >= 15 is 0 Å². The molecule has 0 radical (unpaired) electrons. The van der Waals surface area contributed by atoms with Gasteiger partial charge >= 0.3 is 6.03 Å². The summed E-state index contributed by atoms with van der Waals surface area (Å²) in [5.74, 6) is -0.185. The highest BCUT2D eigenvalue weighted by molar-refractivity contribution is 5.96. The van der Waals surface area contributed by atoms with Crippen LogP contribution in [0.4, 0.5) is 14.9 Å². The smallest absolute Gasteiger partial charge is 0.325 e. The van der Waals surface area contributed by atoms with Crippen molar-refractivity contribution in [3.05, 3.63) is 71.0 Å². The van der Waals surface area contributed by atoms with Crippen LogP contribution in [0.2, 0.25) is 0 Å². The largest absolute Gasteiger partial charge is 0.463 e. The highest BCUT2D eigenvalue weighted by Crippen LogP contribution is 2.20. The quantitative estimate of drug-likeness (QED) is 0.621. The highest BCUT2D eigenvalue weighted by Gasteiger charge is 2.30. The Morgan fingerprint density at radius 1 is 1.10 bits per heavy atom. The lowest BCUT2D eigenvalue weighted by Crippen LogP contribution is -2.41. The van der Waals surface area contributed by atoms with Crippen molar-refractivity contribution >= 4 is 17.6 Å². The van der Waals surface area contributed by atoms with Gasteiger partial charge in [-0.25, -0.2) is 13.9 Å². The Bertz CT molecular complexity index is 1130. The molecule has 0 bridgehead atoms. The van der Waals surface area contributed by atoms with Gasteiger partial charge in [0.25, 0.3) is 5.56 Å². The fourth-order valence-electron chi connectivity index (χ4n) is 3.29. The number of hydrogen-bond acceptors (Lipinski definition) is 5. The molecule has 0 saturated carbocycles. The molecular weight excluding hydrogens is 405 g/mol. The molecule has 0 spiro atoms. The maximum absolute atomic E-state index is 13.1. The highest BCUT2D eigenvalue weighted by atomic mass is 19.1. The number of urea groups is 1. The van der Waals surface area contributed by atoms with Gasteiger partial charge in [-0.2, -0.15) is 5.10 Å². The molecule has 31 heavy (non-hydrogen) atoms. The van der Waals surface area contributed by atoms with Crippen LogP contribution in [0.25, 0.3) is 11.5 Å². The summed E-state index contributed by atoms with van der Waals surface area (Å²) in [7, 11) is 0. The molecule has 160 valence electrons. The van der Waals surface area contributed by atoms with Crippen molar-refractivity contribution in [2.24, 2.45) is 0 Å². The lowest BCUT2D eigenvalue weighted by molar-refractivity contribution is -0.121. The standard InChI is InChI=1S/C21H20FN5O4/c22-15-3-5-16(6-4-15)26-12-11-25(21(26)30)14-19(28)23-9-10-27-20(29)8-7-17(24-27)18-2-1-13-31-18/h1-8,13H,9-12,14H2,(H,23,28). The SMILES string of the molecule is O=C(CN1CCN(c2ccc(F)cc2)C1=O)NCCn1nc(-c2ccco2)ccc1=O. The molecule has 9 nitrogen and oxygen atoms in total. The molecule has 4 rings (SSSR count). The Hall–Kier alpha value is -3.95. The molecule has 1 N–H and O–H groups in total. The molecule has 0 unspecified atom stereocenters. The lowest BCUT2D eigenvalue weighted by Gasteiger charge is -2.18. The summed E-state index contributed by atoms with van der Waals surface area (Å²) < 4.78 is 19.6.